The van der Waals surface area contributed by atoms with Crippen molar-refractivity contribution in [2.45, 2.75) is 263 Å². The van der Waals surface area contributed by atoms with E-state index >= 15 is 0 Å². The topological polar surface area (TPSA) is 12.5 Å². The minimum absolute atomic E-state index is 0.554. The van der Waals surface area contributed by atoms with E-state index in [-0.39, 0.29) is 0 Å². The Kier molecular flexibility index (Phi) is 12.1. The third-order valence-corrected chi connectivity index (χ3v) is 25.7. The molecule has 12 aliphatic rings. The zero-order valence-electron chi connectivity index (χ0n) is 37.1. The van der Waals surface area contributed by atoms with E-state index in [0.717, 1.165) is 110 Å². The van der Waals surface area contributed by atoms with Crippen molar-refractivity contribution in [3.8, 4) is 0 Å². The van der Waals surface area contributed by atoms with Crippen molar-refractivity contribution in [3.63, 3.8) is 0 Å². The molecule has 0 radical (unpaired) electrons. The lowest BCUT2D eigenvalue weighted by Crippen LogP contribution is -2.58. The number of ether oxygens (including phenoxy) is 1. The van der Waals surface area contributed by atoms with Crippen LogP contribution in [0.25, 0.3) is 0 Å². The van der Waals surface area contributed by atoms with Gasteiger partial charge < -0.3 is 4.74 Å². The smallest absolute Gasteiger partial charge is 0.0766 e. The fourth-order valence-corrected chi connectivity index (χ4v) is 24.3. The predicted molar refractivity (Wildman–Crippen MR) is 246 cm³/mol. The molecule has 17 unspecified atom stereocenters. The summed E-state index contributed by atoms with van der Waals surface area (Å²) in [5.41, 5.74) is 0. The van der Waals surface area contributed by atoms with Gasteiger partial charge in [-0.15, -0.1) is 0 Å². The first-order valence-electron chi connectivity index (χ1n) is 27.5. The number of hydrogen-bond donors (Lipinski definition) is 0. The molecule has 0 amide bonds. The van der Waals surface area contributed by atoms with Gasteiger partial charge in [-0.2, -0.15) is 23.5 Å². The Labute approximate surface area is 365 Å². The second-order valence-electron chi connectivity index (χ2n) is 24.2. The molecule has 3 aliphatic heterocycles. The molecule has 58 heavy (non-hydrogen) atoms. The Hall–Kier alpha value is 0.620. The van der Waals surface area contributed by atoms with Gasteiger partial charge in [-0.1, -0.05) is 109 Å². The number of fused-ring (bicyclic) bond motifs is 10. The first-order chi connectivity index (χ1) is 28.8. The van der Waals surface area contributed by atoms with Crippen molar-refractivity contribution in [3.05, 3.63) is 0 Å². The minimum atomic E-state index is 0.554. The summed E-state index contributed by atoms with van der Waals surface area (Å²) in [4.78, 5) is 3.42. The van der Waals surface area contributed by atoms with Gasteiger partial charge in [0.1, 0.15) is 0 Å². The van der Waals surface area contributed by atoms with Crippen molar-refractivity contribution in [1.82, 2.24) is 4.90 Å². The van der Waals surface area contributed by atoms with Crippen LogP contribution in [0.3, 0.4) is 0 Å². The average Bonchev–Trinajstić information content (AvgIpc) is 3.99. The number of rotatable bonds is 6. The summed E-state index contributed by atoms with van der Waals surface area (Å²) >= 11 is 5.20. The summed E-state index contributed by atoms with van der Waals surface area (Å²) in [5.74, 6) is 12.1. The third-order valence-electron chi connectivity index (χ3n) is 21.8. The van der Waals surface area contributed by atoms with Crippen LogP contribution in [-0.4, -0.2) is 56.2 Å². The van der Waals surface area contributed by atoms with Crippen molar-refractivity contribution in [1.29, 1.82) is 0 Å². The standard InChI is InChI=1S/C54H87NOS2/c1-3-13-34(14-4-1)35-27-29-38(30-28-35)55(47-25-12-23-43-42-22-10-20-40(51(42)56-52(43)47)36-15-5-2-6-16-36)39-18-9-17-37(33-39)41-21-11-24-44-45-31-32-49-50(54(45)58-53(41)44)46-19-7-8-26-48(46)57-49/h34-54H,1-33H2. The highest BCUT2D eigenvalue weighted by Gasteiger charge is 2.60. The SMILES string of the molecule is C1CCC(C2CCC(N(C3CCCC(C4CCCC5C6CCC7SC8CCCCC8C7C6SC45)C3)C3CCCC4C5CCCC(C6CCCCC6)C5OC43)CC2)CC1. The van der Waals surface area contributed by atoms with E-state index in [4.69, 9.17) is 4.74 Å². The highest BCUT2D eigenvalue weighted by atomic mass is 32.2. The molecule has 3 heterocycles. The van der Waals surface area contributed by atoms with Gasteiger partial charge in [0, 0.05) is 39.1 Å². The Morgan fingerprint density at radius 3 is 1.76 bits per heavy atom. The molecular weight excluding hydrogens is 743 g/mol. The van der Waals surface area contributed by atoms with Gasteiger partial charge in [0.25, 0.3) is 0 Å². The van der Waals surface area contributed by atoms with Crippen LogP contribution in [0, 0.1) is 71.0 Å². The summed E-state index contributed by atoms with van der Waals surface area (Å²) in [6.07, 6.45) is 51.7. The van der Waals surface area contributed by atoms with Gasteiger partial charge >= 0.3 is 0 Å². The van der Waals surface area contributed by atoms with E-state index in [9.17, 15) is 0 Å². The average molecular weight is 830 g/mol. The fraction of sp³-hybridized carbons (Fsp3) is 1.00. The molecule has 326 valence electrons. The Morgan fingerprint density at radius 2 is 0.931 bits per heavy atom. The quantitative estimate of drug-likeness (QED) is 0.264. The molecule has 3 saturated heterocycles. The maximum absolute atomic E-state index is 7.81. The lowest BCUT2D eigenvalue weighted by molar-refractivity contribution is -0.103. The summed E-state index contributed by atoms with van der Waals surface area (Å²) < 4.78 is 7.81. The Morgan fingerprint density at radius 1 is 0.328 bits per heavy atom. The van der Waals surface area contributed by atoms with E-state index in [1.807, 2.05) is 0 Å². The number of thioether (sulfide) groups is 2. The lowest BCUT2D eigenvalue weighted by Gasteiger charge is -2.53. The number of hydrogen-bond acceptors (Lipinski definition) is 4. The summed E-state index contributed by atoms with van der Waals surface area (Å²) in [7, 11) is 0. The van der Waals surface area contributed by atoms with Gasteiger partial charge in [0.2, 0.25) is 0 Å². The molecule has 0 bridgehead atoms. The second kappa shape index (κ2) is 17.5. The molecule has 0 aromatic carbocycles. The van der Waals surface area contributed by atoms with Crippen LogP contribution < -0.4 is 0 Å². The monoisotopic (exact) mass is 830 g/mol. The van der Waals surface area contributed by atoms with Crippen LogP contribution in [0.2, 0.25) is 0 Å². The molecule has 9 saturated carbocycles. The minimum Gasteiger partial charge on any atom is -0.372 e. The third kappa shape index (κ3) is 7.33. The van der Waals surface area contributed by atoms with Crippen LogP contribution in [0.15, 0.2) is 0 Å². The van der Waals surface area contributed by atoms with Gasteiger partial charge in [-0.05, 0) is 174 Å². The highest BCUT2D eigenvalue weighted by Crippen LogP contribution is 2.66. The van der Waals surface area contributed by atoms with Crippen LogP contribution in [0.1, 0.15) is 212 Å². The summed E-state index contributed by atoms with van der Waals surface area (Å²) in [5, 5.41) is 4.11. The lowest BCUT2D eigenvalue weighted by atomic mass is 9.62. The van der Waals surface area contributed by atoms with E-state index in [0.29, 0.717) is 12.2 Å². The predicted octanol–water partition coefficient (Wildman–Crippen LogP) is 14.5. The molecule has 12 fully saturated rings. The van der Waals surface area contributed by atoms with Crippen molar-refractivity contribution in [2.75, 3.05) is 0 Å². The van der Waals surface area contributed by atoms with Gasteiger partial charge in [-0.3, -0.25) is 4.90 Å². The first kappa shape index (κ1) is 40.2. The largest absolute Gasteiger partial charge is 0.372 e. The van der Waals surface area contributed by atoms with E-state index < -0.39 is 0 Å². The molecule has 0 aromatic rings. The molecule has 4 heteroatoms. The molecule has 17 atom stereocenters. The summed E-state index contributed by atoms with van der Waals surface area (Å²) in [6, 6.07) is 2.40. The molecule has 0 spiro atoms. The van der Waals surface area contributed by atoms with E-state index in [1.165, 1.54) is 122 Å². The fourth-order valence-electron chi connectivity index (χ4n) is 19.5. The normalized spacial score (nSPS) is 52.6. The van der Waals surface area contributed by atoms with Crippen LogP contribution in [-0.2, 0) is 4.74 Å². The van der Waals surface area contributed by atoms with Gasteiger partial charge in [-0.25, -0.2) is 0 Å². The van der Waals surface area contributed by atoms with E-state index in [2.05, 4.69) is 28.4 Å². The summed E-state index contributed by atoms with van der Waals surface area (Å²) in [6.45, 7) is 0. The van der Waals surface area contributed by atoms with Crippen molar-refractivity contribution < 1.29 is 4.74 Å². The van der Waals surface area contributed by atoms with Crippen LogP contribution >= 0.6 is 23.5 Å². The maximum Gasteiger partial charge on any atom is 0.0766 e. The van der Waals surface area contributed by atoms with Gasteiger partial charge in [0.15, 0.2) is 0 Å². The molecular formula is C54H87NOS2. The number of nitrogens with zero attached hydrogens (tertiary/aromatic N) is 1. The molecule has 0 N–H and O–H groups in total. The highest BCUT2D eigenvalue weighted by molar-refractivity contribution is 8.02. The molecule has 2 nitrogen and oxygen atoms in total. The molecule has 12 rings (SSSR count). The second-order valence-corrected chi connectivity index (χ2v) is 27.0. The maximum atomic E-state index is 7.81. The van der Waals surface area contributed by atoms with Crippen molar-refractivity contribution in [2.24, 2.45) is 71.0 Å². The van der Waals surface area contributed by atoms with Crippen LogP contribution in [0.5, 0.6) is 0 Å². The Bertz CT molecular complexity index is 1370. The molecule has 9 aliphatic carbocycles. The first-order valence-corrected chi connectivity index (χ1v) is 29.4. The van der Waals surface area contributed by atoms with Crippen molar-refractivity contribution >= 4 is 23.5 Å². The van der Waals surface area contributed by atoms with Gasteiger partial charge in [0.05, 0.1) is 12.2 Å². The van der Waals surface area contributed by atoms with E-state index in [1.54, 1.807) is 89.9 Å². The zero-order chi connectivity index (χ0) is 38.2. The zero-order valence-corrected chi connectivity index (χ0v) is 38.8. The molecule has 0 aromatic heterocycles. The Balaban J connectivity index is 0.798. The van der Waals surface area contributed by atoms with Crippen LogP contribution in [0.4, 0.5) is 0 Å².